The molecule has 2 saturated carbocycles. The van der Waals surface area contributed by atoms with E-state index >= 15 is 8.78 Å². The van der Waals surface area contributed by atoms with Gasteiger partial charge in [-0.3, -0.25) is 15.2 Å². The van der Waals surface area contributed by atoms with Crippen LogP contribution in [-0.2, 0) is 4.79 Å². The molecule has 2 bridgehead atoms. The van der Waals surface area contributed by atoms with Crippen LogP contribution in [0.2, 0.25) is 0 Å². The number of fused-ring (bicyclic) bond motifs is 2. The molecular weight excluding hydrogens is 562 g/mol. The standard InChI is InChI=1S/C30H30F2N6O5/c1-38-10-9-35-27(38)17-3-2-4-18(12-17)42-28-22(31)25(36-24-15-6-5-14(11-15)21(24)30(40)41)23(32)29(37-28)43-20-13-16(26(33)34)7-8-19(20)39/h2-4,7-8,12-15,21,24,39H,5-6,9-11H2,1H3,(H3,33,34)(H,36,37)(H,40,41). The summed E-state index contributed by atoms with van der Waals surface area (Å²) in [7, 11) is 1.90. The Bertz CT molecular complexity index is 1650. The van der Waals surface area contributed by atoms with Crippen molar-refractivity contribution in [2.24, 2.45) is 28.5 Å². The summed E-state index contributed by atoms with van der Waals surface area (Å²) < 4.78 is 43.5. The molecule has 3 aliphatic rings. The Hall–Kier alpha value is -4.94. The fourth-order valence-corrected chi connectivity index (χ4v) is 6.31. The Kier molecular flexibility index (Phi) is 7.24. The molecule has 1 aromatic heterocycles. The van der Waals surface area contributed by atoms with E-state index in [1.165, 1.54) is 18.2 Å². The number of anilines is 1. The lowest BCUT2D eigenvalue weighted by atomic mass is 9.84. The van der Waals surface area contributed by atoms with Gasteiger partial charge < -0.3 is 35.6 Å². The third-order valence-corrected chi connectivity index (χ3v) is 8.37. The van der Waals surface area contributed by atoms with Crippen LogP contribution in [0.3, 0.4) is 0 Å². The summed E-state index contributed by atoms with van der Waals surface area (Å²) in [5.74, 6) is -5.87. The van der Waals surface area contributed by atoms with Gasteiger partial charge in [-0.15, -0.1) is 0 Å². The van der Waals surface area contributed by atoms with Gasteiger partial charge >= 0.3 is 5.97 Å². The van der Waals surface area contributed by atoms with Crippen molar-refractivity contribution in [1.82, 2.24) is 9.88 Å². The molecular formula is C30H30F2N6O5. The molecule has 3 aromatic rings. The van der Waals surface area contributed by atoms with Crippen molar-refractivity contribution in [2.45, 2.75) is 25.3 Å². The number of pyridine rings is 1. The van der Waals surface area contributed by atoms with Gasteiger partial charge in [0.2, 0.25) is 11.6 Å². The highest BCUT2D eigenvalue weighted by Gasteiger charge is 2.51. The number of ether oxygens (including phenoxy) is 2. The largest absolute Gasteiger partial charge is 0.504 e. The normalized spacial score (nSPS) is 22.4. The molecule has 43 heavy (non-hydrogen) atoms. The summed E-state index contributed by atoms with van der Waals surface area (Å²) >= 11 is 0. The molecule has 2 aromatic carbocycles. The molecule has 0 amide bonds. The number of nitrogens with zero attached hydrogens (tertiary/aromatic N) is 3. The number of halogens is 2. The van der Waals surface area contributed by atoms with Crippen LogP contribution in [0.15, 0.2) is 47.5 Å². The smallest absolute Gasteiger partial charge is 0.308 e. The molecule has 11 nitrogen and oxygen atoms in total. The van der Waals surface area contributed by atoms with Crippen LogP contribution in [0.1, 0.15) is 30.4 Å². The molecule has 4 unspecified atom stereocenters. The van der Waals surface area contributed by atoms with E-state index in [2.05, 4.69) is 15.3 Å². The zero-order valence-corrected chi connectivity index (χ0v) is 23.2. The van der Waals surface area contributed by atoms with Gasteiger partial charge in [-0.25, -0.2) is 0 Å². The maximum Gasteiger partial charge on any atom is 0.308 e. The first-order valence-electron chi connectivity index (χ1n) is 13.9. The van der Waals surface area contributed by atoms with Crippen LogP contribution < -0.4 is 20.5 Å². The summed E-state index contributed by atoms with van der Waals surface area (Å²) in [5, 5.41) is 30.8. The Morgan fingerprint density at radius 1 is 1.12 bits per heavy atom. The number of carboxylic acid groups (broad SMARTS) is 1. The van der Waals surface area contributed by atoms with Crippen molar-refractivity contribution < 1.29 is 33.3 Å². The maximum absolute atomic E-state index is 16.1. The average molecular weight is 593 g/mol. The second-order valence-electron chi connectivity index (χ2n) is 11.0. The van der Waals surface area contributed by atoms with E-state index in [0.717, 1.165) is 30.8 Å². The third-order valence-electron chi connectivity index (χ3n) is 8.37. The van der Waals surface area contributed by atoms with Crippen LogP contribution in [-0.4, -0.2) is 63.9 Å². The van der Waals surface area contributed by atoms with E-state index in [-0.39, 0.29) is 34.7 Å². The first-order chi connectivity index (χ1) is 20.6. The molecule has 6 N–H and O–H groups in total. The van der Waals surface area contributed by atoms with Gasteiger partial charge in [0.15, 0.2) is 11.5 Å². The summed E-state index contributed by atoms with van der Waals surface area (Å²) in [6, 6.07) is 9.84. The van der Waals surface area contributed by atoms with Gasteiger partial charge in [0.25, 0.3) is 11.8 Å². The number of benzene rings is 2. The average Bonchev–Trinajstić information content (AvgIpc) is 3.71. The number of aromatic hydroxyl groups is 1. The molecule has 4 atom stereocenters. The summed E-state index contributed by atoms with van der Waals surface area (Å²) in [4.78, 5) is 22.5. The number of hydrogen-bond donors (Lipinski definition) is 5. The number of carboxylic acids is 1. The Labute approximate surface area is 245 Å². The zero-order valence-electron chi connectivity index (χ0n) is 23.2. The lowest BCUT2D eigenvalue weighted by molar-refractivity contribution is -0.143. The van der Waals surface area contributed by atoms with Gasteiger partial charge in [-0.2, -0.15) is 13.8 Å². The number of nitrogen functional groups attached to an aromatic ring is 1. The van der Waals surface area contributed by atoms with Crippen LogP contribution in [0, 0.1) is 34.8 Å². The van der Waals surface area contributed by atoms with Gasteiger partial charge in [0.1, 0.15) is 23.1 Å². The molecule has 0 saturated heterocycles. The summed E-state index contributed by atoms with van der Waals surface area (Å²) in [6.45, 7) is 1.39. The molecule has 2 fully saturated rings. The highest BCUT2D eigenvalue weighted by atomic mass is 19.1. The van der Waals surface area contributed by atoms with E-state index in [1.54, 1.807) is 18.2 Å². The minimum atomic E-state index is -1.24. The molecule has 13 heteroatoms. The van der Waals surface area contributed by atoms with Crippen molar-refractivity contribution in [3.63, 3.8) is 0 Å². The van der Waals surface area contributed by atoms with Crippen molar-refractivity contribution >= 4 is 23.3 Å². The third kappa shape index (κ3) is 5.26. The number of phenols is 1. The topological polar surface area (TPSA) is 166 Å². The molecule has 6 rings (SSSR count). The SMILES string of the molecule is CN1CCN=C1c1cccc(Oc2nc(Oc3cc(C(=N)N)ccc3O)c(F)c(NC3C4CCC(C4)C3C(=O)O)c2F)c1. The number of hydrogen-bond acceptors (Lipinski definition) is 9. The first-order valence-corrected chi connectivity index (χ1v) is 13.9. The number of nitrogens with two attached hydrogens (primary N) is 1. The van der Waals surface area contributed by atoms with Crippen molar-refractivity contribution in [3.05, 3.63) is 65.2 Å². The highest BCUT2D eigenvalue weighted by Crippen LogP contribution is 2.50. The molecule has 1 aliphatic heterocycles. The second-order valence-corrected chi connectivity index (χ2v) is 11.0. The lowest BCUT2D eigenvalue weighted by Crippen LogP contribution is -2.39. The quantitative estimate of drug-likeness (QED) is 0.177. The van der Waals surface area contributed by atoms with Crippen LogP contribution in [0.4, 0.5) is 14.5 Å². The van der Waals surface area contributed by atoms with E-state index < -0.39 is 52.8 Å². The predicted octanol–water partition coefficient (Wildman–Crippen LogP) is 4.54. The van der Waals surface area contributed by atoms with Crippen LogP contribution in [0.25, 0.3) is 0 Å². The number of phenolic OH excluding ortho intramolecular Hbond substituents is 1. The predicted molar refractivity (Wildman–Crippen MR) is 153 cm³/mol. The van der Waals surface area contributed by atoms with Crippen molar-refractivity contribution in [1.29, 1.82) is 5.41 Å². The summed E-state index contributed by atoms with van der Waals surface area (Å²) in [6.07, 6.45) is 2.13. The molecule has 2 aliphatic carbocycles. The highest BCUT2D eigenvalue weighted by molar-refractivity contribution is 6.00. The number of nitrogens with one attached hydrogen (secondary N) is 2. The van der Waals surface area contributed by atoms with Gasteiger partial charge in [0.05, 0.1) is 12.5 Å². The minimum absolute atomic E-state index is 0.0797. The van der Waals surface area contributed by atoms with Gasteiger partial charge in [-0.05, 0) is 61.4 Å². The van der Waals surface area contributed by atoms with E-state index in [9.17, 15) is 15.0 Å². The number of aliphatic carboxylic acids is 1. The Morgan fingerprint density at radius 3 is 2.56 bits per heavy atom. The number of rotatable bonds is 9. The number of likely N-dealkylation sites (N-methyl/N-ethyl adjacent to an activating group) is 1. The summed E-state index contributed by atoms with van der Waals surface area (Å²) in [5.41, 5.74) is 5.82. The van der Waals surface area contributed by atoms with Gasteiger partial charge in [-0.1, -0.05) is 12.1 Å². The maximum atomic E-state index is 16.1. The monoisotopic (exact) mass is 592 g/mol. The molecule has 224 valence electrons. The second kappa shape index (κ2) is 11.0. The van der Waals surface area contributed by atoms with Crippen LogP contribution >= 0.6 is 0 Å². The Morgan fingerprint density at radius 2 is 1.86 bits per heavy atom. The first kappa shape index (κ1) is 28.2. The zero-order chi connectivity index (χ0) is 30.4. The molecule has 0 radical (unpaired) electrons. The Balaban J connectivity index is 1.41. The number of aliphatic imine (C=N–C) groups is 1. The number of amidine groups is 2. The number of aromatic nitrogens is 1. The van der Waals surface area contributed by atoms with E-state index in [0.29, 0.717) is 13.0 Å². The molecule has 2 heterocycles. The number of carbonyl (C=O) groups is 1. The minimum Gasteiger partial charge on any atom is -0.504 e. The van der Waals surface area contributed by atoms with Crippen LogP contribution in [0.5, 0.6) is 29.0 Å². The van der Waals surface area contributed by atoms with Crippen molar-refractivity contribution in [3.8, 4) is 29.0 Å². The van der Waals surface area contributed by atoms with Crippen molar-refractivity contribution in [2.75, 3.05) is 25.5 Å². The fourth-order valence-electron chi connectivity index (χ4n) is 6.31. The fraction of sp³-hybridized carbons (Fsp3) is 0.333. The lowest BCUT2D eigenvalue weighted by Gasteiger charge is -2.30. The van der Waals surface area contributed by atoms with E-state index in [1.807, 2.05) is 18.0 Å². The molecule has 0 spiro atoms. The van der Waals surface area contributed by atoms with E-state index in [4.69, 9.17) is 20.6 Å². The van der Waals surface area contributed by atoms with Gasteiger partial charge in [0, 0.05) is 30.8 Å².